The van der Waals surface area contributed by atoms with Crippen LogP contribution in [0.3, 0.4) is 0 Å². The molecule has 148 valence electrons. The number of carbonyl (C=O) groups excluding carboxylic acids is 1. The summed E-state index contributed by atoms with van der Waals surface area (Å²) in [6.07, 6.45) is 2.50. The molecule has 2 aromatic heterocycles. The molecule has 0 aliphatic rings. The number of benzene rings is 1. The minimum atomic E-state index is -0.170. The van der Waals surface area contributed by atoms with E-state index in [0.29, 0.717) is 23.5 Å². The van der Waals surface area contributed by atoms with Crippen LogP contribution in [0.5, 0.6) is 5.75 Å². The molecule has 0 atom stereocenters. The Hall–Kier alpha value is -3.02. The molecule has 3 rings (SSSR count). The van der Waals surface area contributed by atoms with Crippen LogP contribution in [-0.2, 0) is 6.42 Å². The third-order valence-electron chi connectivity index (χ3n) is 5.04. The van der Waals surface area contributed by atoms with Gasteiger partial charge in [-0.25, -0.2) is 4.98 Å². The first-order valence-electron chi connectivity index (χ1n) is 9.74. The fraction of sp³-hybridized carbons (Fsp3) is 0.364. The number of imidazole rings is 1. The minimum Gasteiger partial charge on any atom is -0.493 e. The van der Waals surface area contributed by atoms with E-state index >= 15 is 0 Å². The first-order valence-corrected chi connectivity index (χ1v) is 9.74. The molecule has 28 heavy (non-hydrogen) atoms. The number of hydrogen-bond donors (Lipinski definition) is 1. The van der Waals surface area contributed by atoms with Crippen LogP contribution >= 0.6 is 0 Å². The highest BCUT2D eigenvalue weighted by molar-refractivity contribution is 6.05. The molecule has 0 radical (unpaired) electrons. The van der Waals surface area contributed by atoms with Gasteiger partial charge in [-0.15, -0.1) is 0 Å². The lowest BCUT2D eigenvalue weighted by Crippen LogP contribution is -2.22. The Balaban J connectivity index is 1.96. The van der Waals surface area contributed by atoms with Crippen LogP contribution < -0.4 is 15.0 Å². The van der Waals surface area contributed by atoms with Gasteiger partial charge in [0.1, 0.15) is 5.69 Å². The molecule has 0 bridgehead atoms. The lowest BCUT2D eigenvalue weighted by Gasteiger charge is -2.22. The molecule has 2 heterocycles. The number of ether oxygens (including phenoxy) is 1. The van der Waals surface area contributed by atoms with E-state index in [4.69, 9.17) is 4.74 Å². The highest BCUT2D eigenvalue weighted by atomic mass is 16.5. The summed E-state index contributed by atoms with van der Waals surface area (Å²) in [4.78, 5) is 20.0. The third kappa shape index (κ3) is 3.54. The van der Waals surface area contributed by atoms with E-state index in [1.54, 1.807) is 11.5 Å². The SMILES string of the molecule is CCc1nc2c(OC)cccn2c1C(=O)Nc1ccc(N(CC)CC)cc1C. The van der Waals surface area contributed by atoms with Gasteiger partial charge in [-0.1, -0.05) is 6.92 Å². The quantitative estimate of drug-likeness (QED) is 0.663. The van der Waals surface area contributed by atoms with Crippen LogP contribution in [0, 0.1) is 6.92 Å². The molecule has 0 spiro atoms. The van der Waals surface area contributed by atoms with E-state index in [0.717, 1.165) is 35.7 Å². The normalized spacial score (nSPS) is 10.9. The number of hydrogen-bond acceptors (Lipinski definition) is 4. The Morgan fingerprint density at radius 3 is 2.57 bits per heavy atom. The Bertz CT molecular complexity index is 990. The van der Waals surface area contributed by atoms with Crippen molar-refractivity contribution in [3.8, 4) is 5.75 Å². The number of fused-ring (bicyclic) bond motifs is 1. The van der Waals surface area contributed by atoms with Gasteiger partial charge in [0, 0.05) is 30.7 Å². The first-order chi connectivity index (χ1) is 13.5. The molecule has 0 aliphatic heterocycles. The number of aryl methyl sites for hydroxylation is 2. The summed E-state index contributed by atoms with van der Waals surface area (Å²) in [6, 6.07) is 9.83. The molecule has 1 aromatic carbocycles. The van der Waals surface area contributed by atoms with Gasteiger partial charge in [0.2, 0.25) is 0 Å². The molecule has 0 aliphatic carbocycles. The number of anilines is 2. The average Bonchev–Trinajstić information content (AvgIpc) is 3.09. The Morgan fingerprint density at radius 1 is 1.21 bits per heavy atom. The predicted molar refractivity (Wildman–Crippen MR) is 114 cm³/mol. The zero-order valence-electron chi connectivity index (χ0n) is 17.2. The van der Waals surface area contributed by atoms with Crippen LogP contribution in [0.2, 0.25) is 0 Å². The van der Waals surface area contributed by atoms with Crippen molar-refractivity contribution in [3.05, 3.63) is 53.5 Å². The second kappa shape index (κ2) is 8.33. The number of aromatic nitrogens is 2. The summed E-state index contributed by atoms with van der Waals surface area (Å²) < 4.78 is 7.19. The summed E-state index contributed by atoms with van der Waals surface area (Å²) in [6.45, 7) is 10.2. The van der Waals surface area contributed by atoms with Gasteiger partial charge in [-0.05, 0) is 63.1 Å². The number of amides is 1. The van der Waals surface area contributed by atoms with Crippen molar-refractivity contribution in [2.45, 2.75) is 34.1 Å². The third-order valence-corrected chi connectivity index (χ3v) is 5.04. The van der Waals surface area contributed by atoms with Crippen LogP contribution in [0.25, 0.3) is 5.65 Å². The molecule has 6 nitrogen and oxygen atoms in total. The van der Waals surface area contributed by atoms with Gasteiger partial charge in [-0.2, -0.15) is 0 Å². The van der Waals surface area contributed by atoms with Gasteiger partial charge in [-0.3, -0.25) is 9.20 Å². The predicted octanol–water partition coefficient (Wildman–Crippen LogP) is 4.31. The highest BCUT2D eigenvalue weighted by Gasteiger charge is 2.20. The number of pyridine rings is 1. The number of nitrogens with one attached hydrogen (secondary N) is 1. The zero-order valence-corrected chi connectivity index (χ0v) is 17.2. The molecule has 0 saturated heterocycles. The lowest BCUT2D eigenvalue weighted by molar-refractivity contribution is 0.102. The summed E-state index contributed by atoms with van der Waals surface area (Å²) in [7, 11) is 1.61. The van der Waals surface area contributed by atoms with Crippen molar-refractivity contribution in [3.63, 3.8) is 0 Å². The molecule has 1 amide bonds. The topological polar surface area (TPSA) is 58.9 Å². The molecule has 0 saturated carbocycles. The van der Waals surface area contributed by atoms with Gasteiger partial charge in [0.15, 0.2) is 11.4 Å². The number of nitrogens with zero attached hydrogens (tertiary/aromatic N) is 3. The molecule has 6 heteroatoms. The summed E-state index contributed by atoms with van der Waals surface area (Å²) in [5, 5.41) is 3.06. The Kier molecular flexibility index (Phi) is 5.87. The van der Waals surface area contributed by atoms with E-state index in [1.165, 1.54) is 0 Å². The largest absolute Gasteiger partial charge is 0.493 e. The second-order valence-corrected chi connectivity index (χ2v) is 6.66. The van der Waals surface area contributed by atoms with Gasteiger partial charge >= 0.3 is 0 Å². The maximum Gasteiger partial charge on any atom is 0.274 e. The molecule has 0 fully saturated rings. The van der Waals surface area contributed by atoms with E-state index in [2.05, 4.69) is 35.1 Å². The molecular formula is C22H28N4O2. The van der Waals surface area contributed by atoms with Crippen molar-refractivity contribution in [1.82, 2.24) is 9.38 Å². The van der Waals surface area contributed by atoms with E-state index < -0.39 is 0 Å². The maximum absolute atomic E-state index is 13.1. The van der Waals surface area contributed by atoms with Crippen molar-refractivity contribution < 1.29 is 9.53 Å². The summed E-state index contributed by atoms with van der Waals surface area (Å²) in [5.74, 6) is 0.479. The number of methoxy groups -OCH3 is 1. The fourth-order valence-electron chi connectivity index (χ4n) is 3.49. The van der Waals surface area contributed by atoms with Crippen molar-refractivity contribution in [2.24, 2.45) is 0 Å². The minimum absolute atomic E-state index is 0.170. The van der Waals surface area contributed by atoms with Crippen LogP contribution in [-0.4, -0.2) is 35.5 Å². The van der Waals surface area contributed by atoms with Crippen LogP contribution in [0.15, 0.2) is 36.5 Å². The molecule has 0 unspecified atom stereocenters. The first kappa shape index (κ1) is 19.7. The van der Waals surface area contributed by atoms with Crippen molar-refractivity contribution >= 4 is 22.9 Å². The van der Waals surface area contributed by atoms with Crippen molar-refractivity contribution in [2.75, 3.05) is 30.4 Å². The standard InChI is InChI=1S/C22H28N4O2/c1-6-17-20(26-13-9-10-19(28-5)21(26)23-17)22(27)24-18-12-11-16(14-15(18)4)25(7-2)8-3/h9-14H,6-8H2,1-5H3,(H,24,27). The van der Waals surface area contributed by atoms with E-state index in [9.17, 15) is 4.79 Å². The van der Waals surface area contributed by atoms with Gasteiger partial charge in [0.25, 0.3) is 5.91 Å². The average molecular weight is 380 g/mol. The Labute approximate surface area is 166 Å². The van der Waals surface area contributed by atoms with Gasteiger partial charge < -0.3 is 15.0 Å². The Morgan fingerprint density at radius 2 is 1.96 bits per heavy atom. The van der Waals surface area contributed by atoms with E-state index in [1.807, 2.05) is 44.3 Å². The lowest BCUT2D eigenvalue weighted by atomic mass is 10.1. The van der Waals surface area contributed by atoms with E-state index in [-0.39, 0.29) is 5.91 Å². The smallest absolute Gasteiger partial charge is 0.274 e. The maximum atomic E-state index is 13.1. The monoisotopic (exact) mass is 380 g/mol. The summed E-state index contributed by atoms with van der Waals surface area (Å²) in [5.41, 5.74) is 4.95. The molecule has 1 N–H and O–H groups in total. The zero-order chi connectivity index (χ0) is 20.3. The van der Waals surface area contributed by atoms with Crippen LogP contribution in [0.4, 0.5) is 11.4 Å². The molecular weight excluding hydrogens is 352 g/mol. The van der Waals surface area contributed by atoms with Crippen molar-refractivity contribution in [1.29, 1.82) is 0 Å². The van der Waals surface area contributed by atoms with Gasteiger partial charge in [0.05, 0.1) is 12.8 Å². The highest BCUT2D eigenvalue weighted by Crippen LogP contribution is 2.26. The molecule has 3 aromatic rings. The summed E-state index contributed by atoms with van der Waals surface area (Å²) >= 11 is 0. The number of carbonyl (C=O) groups is 1. The number of rotatable bonds is 7. The van der Waals surface area contributed by atoms with Crippen LogP contribution in [0.1, 0.15) is 42.5 Å². The fourth-order valence-corrected chi connectivity index (χ4v) is 3.49. The second-order valence-electron chi connectivity index (χ2n) is 6.66.